The van der Waals surface area contributed by atoms with Gasteiger partial charge in [0.2, 0.25) is 0 Å². The van der Waals surface area contributed by atoms with Gasteiger partial charge in [-0.1, -0.05) is 0 Å². The maximum absolute atomic E-state index is 3.25. The summed E-state index contributed by atoms with van der Waals surface area (Å²) in [6.07, 6.45) is 0. The SMILES string of the molecule is [CH2-]C.[CH2-]C.[Co+2]. The molecule has 0 saturated heterocycles. The van der Waals surface area contributed by atoms with Gasteiger partial charge in [0, 0.05) is 0 Å². The average molecular weight is 117 g/mol. The van der Waals surface area contributed by atoms with Crippen LogP contribution in [0.2, 0.25) is 0 Å². The predicted octanol–water partition coefficient (Wildman–Crippen LogP) is 1.68. The van der Waals surface area contributed by atoms with E-state index in [1.165, 1.54) is 0 Å². The van der Waals surface area contributed by atoms with Gasteiger partial charge in [0.1, 0.15) is 0 Å². The van der Waals surface area contributed by atoms with Crippen molar-refractivity contribution in [1.82, 2.24) is 0 Å². The molecule has 1 radical (unpaired) electrons. The number of hydrogen-bond acceptors (Lipinski definition) is 0. The first-order valence-corrected chi connectivity index (χ1v) is 1.41. The standard InChI is InChI=1S/2C2H5.Co/c2*1-2;/h2*1H2,2H3;/q2*-1;+2. The normalized spacial score (nSPS) is 2.40. The van der Waals surface area contributed by atoms with Crippen LogP contribution >= 0.6 is 0 Å². The average Bonchev–Trinajstić information content (AvgIpc) is 1.50. The van der Waals surface area contributed by atoms with Gasteiger partial charge in [-0.3, -0.25) is 0 Å². The predicted molar refractivity (Wildman–Crippen MR) is 22.1 cm³/mol. The Labute approximate surface area is 45.2 Å². The molecule has 5 heavy (non-hydrogen) atoms. The zero-order valence-electron chi connectivity index (χ0n) is 3.75. The van der Waals surface area contributed by atoms with Crippen LogP contribution < -0.4 is 0 Å². The van der Waals surface area contributed by atoms with Gasteiger partial charge in [-0.25, -0.2) is 0 Å². The third kappa shape index (κ3) is 110. The summed E-state index contributed by atoms with van der Waals surface area (Å²) < 4.78 is 0. The Morgan fingerprint density at radius 2 is 0.800 bits per heavy atom. The zero-order valence-corrected chi connectivity index (χ0v) is 4.79. The monoisotopic (exact) mass is 117 g/mol. The van der Waals surface area contributed by atoms with Gasteiger partial charge in [-0.2, -0.15) is 13.8 Å². The van der Waals surface area contributed by atoms with Crippen molar-refractivity contribution < 1.29 is 16.8 Å². The molecule has 35 valence electrons. The van der Waals surface area contributed by atoms with Crippen molar-refractivity contribution in [2.45, 2.75) is 13.8 Å². The molecule has 0 saturated carbocycles. The van der Waals surface area contributed by atoms with Crippen LogP contribution in [0.15, 0.2) is 0 Å². The molecule has 0 atom stereocenters. The fraction of sp³-hybridized carbons (Fsp3) is 0.500. The summed E-state index contributed by atoms with van der Waals surface area (Å²) in [5.41, 5.74) is 0. The molecular weight excluding hydrogens is 107 g/mol. The fourth-order valence-electron chi connectivity index (χ4n) is 0. The van der Waals surface area contributed by atoms with Gasteiger partial charge in [0.25, 0.3) is 0 Å². The Hall–Kier alpha value is 0.506. The van der Waals surface area contributed by atoms with Crippen molar-refractivity contribution in [2.75, 3.05) is 0 Å². The van der Waals surface area contributed by atoms with Crippen LogP contribution in [-0.2, 0) is 16.8 Å². The molecule has 0 rings (SSSR count). The summed E-state index contributed by atoms with van der Waals surface area (Å²) in [6, 6.07) is 0. The maximum atomic E-state index is 3.25. The Bertz CT molecular complexity index is 3.61. The molecule has 0 aliphatic carbocycles. The minimum atomic E-state index is 0. The summed E-state index contributed by atoms with van der Waals surface area (Å²) in [5.74, 6) is 0. The molecule has 0 unspecified atom stereocenters. The maximum Gasteiger partial charge on any atom is 2.00 e. The summed E-state index contributed by atoms with van der Waals surface area (Å²) in [5, 5.41) is 0. The van der Waals surface area contributed by atoms with Crippen molar-refractivity contribution in [1.29, 1.82) is 0 Å². The molecule has 0 amide bonds. The van der Waals surface area contributed by atoms with E-state index in [2.05, 4.69) is 13.8 Å². The van der Waals surface area contributed by atoms with Crippen LogP contribution in [-0.4, -0.2) is 0 Å². The molecule has 0 nitrogen and oxygen atoms in total. The van der Waals surface area contributed by atoms with Gasteiger partial charge in [0.05, 0.1) is 0 Å². The van der Waals surface area contributed by atoms with E-state index in [9.17, 15) is 0 Å². The van der Waals surface area contributed by atoms with E-state index in [4.69, 9.17) is 0 Å². The van der Waals surface area contributed by atoms with E-state index in [0.29, 0.717) is 0 Å². The van der Waals surface area contributed by atoms with Gasteiger partial charge in [0.15, 0.2) is 0 Å². The smallest absolute Gasteiger partial charge is 0.346 e. The van der Waals surface area contributed by atoms with Crippen molar-refractivity contribution in [3.63, 3.8) is 0 Å². The van der Waals surface area contributed by atoms with Crippen molar-refractivity contribution in [3.8, 4) is 0 Å². The Morgan fingerprint density at radius 3 is 0.800 bits per heavy atom. The summed E-state index contributed by atoms with van der Waals surface area (Å²) in [6.45, 7) is 10.0. The quantitative estimate of drug-likeness (QED) is 0.423. The largest absolute Gasteiger partial charge is 2.00 e. The van der Waals surface area contributed by atoms with E-state index >= 15 is 0 Å². The van der Waals surface area contributed by atoms with Gasteiger partial charge in [-0.05, 0) is 0 Å². The molecule has 1 heteroatoms. The first-order valence-electron chi connectivity index (χ1n) is 1.41. The molecule has 0 aliphatic rings. The van der Waals surface area contributed by atoms with Crippen LogP contribution in [0.1, 0.15) is 13.8 Å². The van der Waals surface area contributed by atoms with E-state index in [-0.39, 0.29) is 16.8 Å². The summed E-state index contributed by atoms with van der Waals surface area (Å²) in [4.78, 5) is 0. The molecule has 0 spiro atoms. The van der Waals surface area contributed by atoms with E-state index in [0.717, 1.165) is 0 Å². The minimum Gasteiger partial charge on any atom is -0.346 e. The minimum absolute atomic E-state index is 0. The topological polar surface area (TPSA) is 0 Å². The van der Waals surface area contributed by atoms with Crippen LogP contribution in [0.25, 0.3) is 0 Å². The molecule has 0 heterocycles. The van der Waals surface area contributed by atoms with E-state index in [1.54, 1.807) is 13.8 Å². The van der Waals surface area contributed by atoms with E-state index in [1.807, 2.05) is 0 Å². The second kappa shape index (κ2) is 216. The molecule has 0 aromatic rings. The van der Waals surface area contributed by atoms with Crippen LogP contribution in [0.5, 0.6) is 0 Å². The number of rotatable bonds is 0. The molecule has 0 N–H and O–H groups in total. The molecule has 0 aromatic carbocycles. The van der Waals surface area contributed by atoms with Gasteiger partial charge in [-0.15, -0.1) is 0 Å². The fourth-order valence-corrected chi connectivity index (χ4v) is 0. The zero-order chi connectivity index (χ0) is 4.00. The molecule has 0 aromatic heterocycles. The first kappa shape index (κ1) is 17.8. The Morgan fingerprint density at radius 1 is 0.800 bits per heavy atom. The molecule has 0 aliphatic heterocycles. The van der Waals surface area contributed by atoms with Crippen LogP contribution in [0.3, 0.4) is 0 Å². The summed E-state index contributed by atoms with van der Waals surface area (Å²) in [7, 11) is 0. The van der Waals surface area contributed by atoms with Crippen LogP contribution in [0, 0.1) is 13.8 Å². The van der Waals surface area contributed by atoms with Crippen LogP contribution in [0.4, 0.5) is 0 Å². The third-order valence-electron chi connectivity index (χ3n) is 0. The second-order valence-electron chi connectivity index (χ2n) is 0. The van der Waals surface area contributed by atoms with E-state index < -0.39 is 0 Å². The third-order valence-corrected chi connectivity index (χ3v) is 0. The van der Waals surface area contributed by atoms with Crippen molar-refractivity contribution in [3.05, 3.63) is 13.8 Å². The van der Waals surface area contributed by atoms with Gasteiger partial charge < -0.3 is 13.8 Å². The second-order valence-corrected chi connectivity index (χ2v) is 0. The summed E-state index contributed by atoms with van der Waals surface area (Å²) >= 11 is 0. The van der Waals surface area contributed by atoms with Gasteiger partial charge >= 0.3 is 16.8 Å². The Kier molecular flexibility index (Phi) is 769. The molecule has 0 fully saturated rings. The Balaban J connectivity index is -0.0000000133. The van der Waals surface area contributed by atoms with Crippen molar-refractivity contribution >= 4 is 0 Å². The van der Waals surface area contributed by atoms with Crippen molar-refractivity contribution in [2.24, 2.45) is 0 Å². The molecular formula is C4H10Co. The first-order chi connectivity index (χ1) is 2.00. The molecule has 0 bridgehead atoms. The number of hydrogen-bond donors (Lipinski definition) is 0.